The first kappa shape index (κ1) is 25.1. The van der Waals surface area contributed by atoms with Gasteiger partial charge >= 0.3 is 0 Å². The SMILES string of the molecule is COC1C(OC2C(OC3COC(C)C(O)C3O)OC(C)C(O)C2O)OC(C)C(O)C1O. The van der Waals surface area contributed by atoms with Crippen molar-refractivity contribution in [2.75, 3.05) is 13.7 Å². The Hall–Kier alpha value is -0.480. The Bertz CT molecular complexity index is 580. The van der Waals surface area contributed by atoms with Gasteiger partial charge in [-0.25, -0.2) is 0 Å². The van der Waals surface area contributed by atoms with Crippen molar-refractivity contribution in [1.82, 2.24) is 0 Å². The second kappa shape index (κ2) is 10.2. The molecule has 0 aliphatic carbocycles. The molecule has 12 heteroatoms. The molecular formula is C19H34O12. The van der Waals surface area contributed by atoms with Gasteiger partial charge in [-0.15, -0.1) is 0 Å². The zero-order valence-corrected chi connectivity index (χ0v) is 17.9. The molecule has 0 spiro atoms. The van der Waals surface area contributed by atoms with Crippen molar-refractivity contribution in [3.05, 3.63) is 0 Å². The van der Waals surface area contributed by atoms with Crippen LogP contribution < -0.4 is 0 Å². The fourth-order valence-electron chi connectivity index (χ4n) is 4.01. The summed E-state index contributed by atoms with van der Waals surface area (Å²) in [7, 11) is 1.30. The van der Waals surface area contributed by atoms with Crippen molar-refractivity contribution in [3.8, 4) is 0 Å². The van der Waals surface area contributed by atoms with Gasteiger partial charge in [0.05, 0.1) is 24.9 Å². The minimum atomic E-state index is -1.47. The molecule has 0 amide bonds. The van der Waals surface area contributed by atoms with Gasteiger partial charge in [0.2, 0.25) is 0 Å². The van der Waals surface area contributed by atoms with Crippen LogP contribution in [0.5, 0.6) is 0 Å². The number of hydrogen-bond acceptors (Lipinski definition) is 12. The van der Waals surface area contributed by atoms with Crippen LogP contribution in [0.1, 0.15) is 20.8 Å². The number of hydrogen-bond donors (Lipinski definition) is 6. The molecule has 3 saturated heterocycles. The third-order valence-electron chi connectivity index (χ3n) is 6.18. The molecule has 6 N–H and O–H groups in total. The fourth-order valence-corrected chi connectivity index (χ4v) is 4.01. The van der Waals surface area contributed by atoms with Gasteiger partial charge in [-0.3, -0.25) is 0 Å². The topological polar surface area (TPSA) is 177 Å². The van der Waals surface area contributed by atoms with Crippen LogP contribution in [-0.4, -0.2) is 130 Å². The van der Waals surface area contributed by atoms with Gasteiger partial charge in [0.25, 0.3) is 0 Å². The Kier molecular flexibility index (Phi) is 8.27. The van der Waals surface area contributed by atoms with Gasteiger partial charge < -0.3 is 59.1 Å². The van der Waals surface area contributed by atoms with Gasteiger partial charge in [0, 0.05) is 7.11 Å². The second-order valence-corrected chi connectivity index (χ2v) is 8.38. The molecule has 14 atom stereocenters. The summed E-state index contributed by atoms with van der Waals surface area (Å²) >= 11 is 0. The number of rotatable bonds is 5. The third-order valence-corrected chi connectivity index (χ3v) is 6.18. The van der Waals surface area contributed by atoms with Crippen molar-refractivity contribution < 1.29 is 59.1 Å². The molecule has 0 aromatic carbocycles. The van der Waals surface area contributed by atoms with Crippen molar-refractivity contribution in [1.29, 1.82) is 0 Å². The molecule has 0 aromatic rings. The molecule has 0 bridgehead atoms. The van der Waals surface area contributed by atoms with Crippen LogP contribution in [0.15, 0.2) is 0 Å². The Balaban J connectivity index is 1.77. The first-order chi connectivity index (χ1) is 14.6. The maximum Gasteiger partial charge on any atom is 0.187 e. The molecular weight excluding hydrogens is 420 g/mol. The molecule has 14 unspecified atom stereocenters. The largest absolute Gasteiger partial charge is 0.388 e. The highest BCUT2D eigenvalue weighted by Crippen LogP contribution is 2.32. The van der Waals surface area contributed by atoms with Crippen molar-refractivity contribution in [2.45, 2.75) is 107 Å². The van der Waals surface area contributed by atoms with E-state index in [9.17, 15) is 30.6 Å². The first-order valence-electron chi connectivity index (χ1n) is 10.4. The third kappa shape index (κ3) is 5.05. The van der Waals surface area contributed by atoms with Crippen LogP contribution in [0.4, 0.5) is 0 Å². The van der Waals surface area contributed by atoms with Crippen LogP contribution >= 0.6 is 0 Å². The Morgan fingerprint density at radius 1 is 0.613 bits per heavy atom. The van der Waals surface area contributed by atoms with Crippen LogP contribution in [-0.2, 0) is 28.4 Å². The van der Waals surface area contributed by atoms with E-state index in [2.05, 4.69) is 0 Å². The Labute approximate surface area is 180 Å². The molecule has 3 fully saturated rings. The van der Waals surface area contributed by atoms with E-state index in [1.165, 1.54) is 21.0 Å². The number of ether oxygens (including phenoxy) is 6. The summed E-state index contributed by atoms with van der Waals surface area (Å²) in [6.07, 6.45) is -15.9. The molecule has 3 aliphatic rings. The molecule has 31 heavy (non-hydrogen) atoms. The van der Waals surface area contributed by atoms with Crippen molar-refractivity contribution >= 4 is 0 Å². The molecule has 12 nitrogen and oxygen atoms in total. The highest BCUT2D eigenvalue weighted by atomic mass is 16.8. The number of aliphatic hydroxyl groups is 6. The normalized spacial score (nSPS) is 54.0. The van der Waals surface area contributed by atoms with E-state index in [-0.39, 0.29) is 6.61 Å². The van der Waals surface area contributed by atoms with Crippen molar-refractivity contribution in [2.24, 2.45) is 0 Å². The lowest BCUT2D eigenvalue weighted by atomic mass is 9.97. The summed E-state index contributed by atoms with van der Waals surface area (Å²) < 4.78 is 33.5. The zero-order valence-electron chi connectivity index (χ0n) is 17.9. The summed E-state index contributed by atoms with van der Waals surface area (Å²) in [4.78, 5) is 0. The summed E-state index contributed by atoms with van der Waals surface area (Å²) in [5.74, 6) is 0. The molecule has 0 saturated carbocycles. The van der Waals surface area contributed by atoms with E-state index >= 15 is 0 Å². The number of aliphatic hydroxyl groups excluding tert-OH is 6. The zero-order chi connectivity index (χ0) is 23.0. The first-order valence-corrected chi connectivity index (χ1v) is 10.4. The summed E-state index contributed by atoms with van der Waals surface area (Å²) in [5.41, 5.74) is 0. The lowest BCUT2D eigenvalue weighted by molar-refractivity contribution is -0.375. The molecule has 3 aliphatic heterocycles. The minimum Gasteiger partial charge on any atom is -0.388 e. The van der Waals surface area contributed by atoms with E-state index in [1.54, 1.807) is 6.92 Å². The second-order valence-electron chi connectivity index (χ2n) is 8.38. The summed E-state index contributed by atoms with van der Waals surface area (Å²) in [6, 6.07) is 0. The maximum atomic E-state index is 10.7. The lowest BCUT2D eigenvalue weighted by Crippen LogP contribution is -2.64. The fraction of sp³-hybridized carbons (Fsp3) is 1.00. The predicted molar refractivity (Wildman–Crippen MR) is 101 cm³/mol. The Morgan fingerprint density at radius 3 is 1.65 bits per heavy atom. The minimum absolute atomic E-state index is 0.0401. The van der Waals surface area contributed by atoms with Gasteiger partial charge in [-0.1, -0.05) is 0 Å². The van der Waals surface area contributed by atoms with Crippen LogP contribution in [0.3, 0.4) is 0 Å². The van der Waals surface area contributed by atoms with Gasteiger partial charge in [0.1, 0.15) is 54.9 Å². The van der Waals surface area contributed by atoms with E-state index < -0.39 is 85.8 Å². The van der Waals surface area contributed by atoms with E-state index in [0.717, 1.165) is 0 Å². The van der Waals surface area contributed by atoms with Crippen LogP contribution in [0.25, 0.3) is 0 Å². The summed E-state index contributed by atoms with van der Waals surface area (Å²) in [6.45, 7) is 4.64. The molecule has 3 rings (SSSR count). The Morgan fingerprint density at radius 2 is 1.10 bits per heavy atom. The number of methoxy groups -OCH3 is 1. The molecule has 182 valence electrons. The van der Waals surface area contributed by atoms with Crippen LogP contribution in [0, 0.1) is 0 Å². The lowest BCUT2D eigenvalue weighted by Gasteiger charge is -2.47. The molecule has 0 aromatic heterocycles. The van der Waals surface area contributed by atoms with Gasteiger partial charge in [-0.05, 0) is 20.8 Å². The molecule has 0 radical (unpaired) electrons. The average molecular weight is 454 g/mol. The van der Waals surface area contributed by atoms with Gasteiger partial charge in [0.15, 0.2) is 12.6 Å². The summed E-state index contributed by atoms with van der Waals surface area (Å²) in [5, 5.41) is 61.7. The van der Waals surface area contributed by atoms with Gasteiger partial charge in [-0.2, -0.15) is 0 Å². The quantitative estimate of drug-likeness (QED) is 0.246. The highest BCUT2D eigenvalue weighted by Gasteiger charge is 2.51. The average Bonchev–Trinajstić information content (AvgIpc) is 2.73. The van der Waals surface area contributed by atoms with E-state index in [1.807, 2.05) is 0 Å². The van der Waals surface area contributed by atoms with E-state index in [0.29, 0.717) is 0 Å². The van der Waals surface area contributed by atoms with E-state index in [4.69, 9.17) is 28.4 Å². The maximum absolute atomic E-state index is 10.7. The predicted octanol–water partition coefficient (Wildman–Crippen LogP) is -3.15. The van der Waals surface area contributed by atoms with Crippen molar-refractivity contribution in [3.63, 3.8) is 0 Å². The highest BCUT2D eigenvalue weighted by molar-refractivity contribution is 4.94. The smallest absolute Gasteiger partial charge is 0.187 e. The standard InChI is InChI=1S/C19H34O12/c1-6-10(20)13(23)9(5-27-6)30-19-17(15(25)12(22)8(3)29-19)31-18-16(26-4)14(24)11(21)7(2)28-18/h6-25H,5H2,1-4H3. The monoisotopic (exact) mass is 454 g/mol. The van der Waals surface area contributed by atoms with Crippen LogP contribution in [0.2, 0.25) is 0 Å². The molecule has 3 heterocycles.